The number of nitrogens with zero attached hydrogens (tertiary/aromatic N) is 2. The van der Waals surface area contributed by atoms with Crippen molar-refractivity contribution in [1.29, 1.82) is 0 Å². The third-order valence-electron chi connectivity index (χ3n) is 5.53. The smallest absolute Gasteiger partial charge is 0.227 e. The molecule has 3 N–H and O–H groups in total. The minimum absolute atomic E-state index is 0.159. The summed E-state index contributed by atoms with van der Waals surface area (Å²) < 4.78 is 5.09. The molecule has 1 aliphatic carbocycles. The van der Waals surface area contributed by atoms with Crippen LogP contribution < -0.4 is 16.0 Å². The summed E-state index contributed by atoms with van der Waals surface area (Å²) in [4.78, 5) is 19.0. The van der Waals surface area contributed by atoms with E-state index in [-0.39, 0.29) is 11.8 Å². The fourth-order valence-corrected chi connectivity index (χ4v) is 3.73. The van der Waals surface area contributed by atoms with E-state index < -0.39 is 0 Å². The molecule has 1 aromatic carbocycles. The summed E-state index contributed by atoms with van der Waals surface area (Å²) in [6.07, 6.45) is 6.64. The lowest BCUT2D eigenvalue weighted by Gasteiger charge is -2.21. The minimum Gasteiger partial charge on any atom is -0.385 e. The molecular weight excluding hydrogens is 378 g/mol. The summed E-state index contributed by atoms with van der Waals surface area (Å²) in [5.41, 5.74) is 1.97. The molecule has 7 heteroatoms. The Kier molecular flexibility index (Phi) is 11.3. The van der Waals surface area contributed by atoms with Crippen LogP contribution in [-0.2, 0) is 16.1 Å². The Balaban J connectivity index is 1.73. The van der Waals surface area contributed by atoms with Crippen LogP contribution in [0.3, 0.4) is 0 Å². The molecule has 7 nitrogen and oxygen atoms in total. The fourth-order valence-electron chi connectivity index (χ4n) is 3.73. The van der Waals surface area contributed by atoms with Gasteiger partial charge in [0.15, 0.2) is 5.96 Å². The van der Waals surface area contributed by atoms with Crippen molar-refractivity contribution in [2.24, 2.45) is 10.9 Å². The Morgan fingerprint density at radius 2 is 2.00 bits per heavy atom. The molecule has 1 aliphatic rings. The van der Waals surface area contributed by atoms with Crippen LogP contribution in [0.1, 0.15) is 44.1 Å². The molecule has 0 bridgehead atoms. The molecule has 0 aromatic heterocycles. The van der Waals surface area contributed by atoms with Crippen LogP contribution >= 0.6 is 0 Å². The molecule has 2 rings (SSSR count). The van der Waals surface area contributed by atoms with Gasteiger partial charge in [0, 0.05) is 58.5 Å². The van der Waals surface area contributed by atoms with Gasteiger partial charge in [0.05, 0.1) is 0 Å². The number of benzene rings is 1. The Hall–Kier alpha value is -2.12. The SMILES string of the molecule is CN=C(NCCN(C)CCCOC)NCc1cccc(NC(=O)C2CCCCC2)c1. The number of ether oxygens (including phenoxy) is 1. The number of nitrogens with one attached hydrogen (secondary N) is 3. The Labute approximate surface area is 181 Å². The fraction of sp³-hybridized carbons (Fsp3) is 0.652. The lowest BCUT2D eigenvalue weighted by Crippen LogP contribution is -2.40. The number of anilines is 1. The minimum atomic E-state index is 0.159. The standard InChI is InChI=1S/C23H39N5O2/c1-24-23(25-13-15-28(2)14-8-16-30-3)26-18-19-9-7-12-21(17-19)27-22(29)20-10-5-4-6-11-20/h7,9,12,17,20H,4-6,8,10-11,13-16,18H2,1-3H3,(H,27,29)(H2,24,25,26). The van der Waals surface area contributed by atoms with Gasteiger partial charge in [-0.2, -0.15) is 0 Å². The maximum absolute atomic E-state index is 12.5. The van der Waals surface area contributed by atoms with Gasteiger partial charge in [0.25, 0.3) is 0 Å². The predicted molar refractivity (Wildman–Crippen MR) is 124 cm³/mol. The summed E-state index contributed by atoms with van der Waals surface area (Å²) in [5, 5.41) is 9.78. The van der Waals surface area contributed by atoms with Crippen LogP contribution in [-0.4, -0.2) is 64.2 Å². The van der Waals surface area contributed by atoms with Crippen LogP contribution in [0.15, 0.2) is 29.3 Å². The summed E-state index contributed by atoms with van der Waals surface area (Å²) >= 11 is 0. The molecule has 30 heavy (non-hydrogen) atoms. The lowest BCUT2D eigenvalue weighted by atomic mass is 9.88. The first kappa shape index (κ1) is 24.2. The van der Waals surface area contributed by atoms with Gasteiger partial charge >= 0.3 is 0 Å². The van der Waals surface area contributed by atoms with Crippen molar-refractivity contribution in [3.05, 3.63) is 29.8 Å². The highest BCUT2D eigenvalue weighted by molar-refractivity contribution is 5.92. The average molecular weight is 418 g/mol. The summed E-state index contributed by atoms with van der Waals surface area (Å²) in [6, 6.07) is 8.03. The number of rotatable bonds is 11. The monoisotopic (exact) mass is 417 g/mol. The summed E-state index contributed by atoms with van der Waals surface area (Å²) in [5.74, 6) is 1.10. The normalized spacial score (nSPS) is 15.3. The highest BCUT2D eigenvalue weighted by Gasteiger charge is 2.21. The maximum Gasteiger partial charge on any atom is 0.227 e. The van der Waals surface area contributed by atoms with Crippen molar-refractivity contribution in [2.45, 2.75) is 45.1 Å². The van der Waals surface area contributed by atoms with Crippen LogP contribution in [0, 0.1) is 5.92 Å². The third-order valence-corrected chi connectivity index (χ3v) is 5.53. The predicted octanol–water partition coefficient (Wildman–Crippen LogP) is 2.84. The molecule has 0 aliphatic heterocycles. The highest BCUT2D eigenvalue weighted by Crippen LogP contribution is 2.25. The molecule has 1 aromatic rings. The van der Waals surface area contributed by atoms with Gasteiger partial charge < -0.3 is 25.6 Å². The zero-order valence-corrected chi connectivity index (χ0v) is 18.9. The zero-order valence-electron chi connectivity index (χ0n) is 18.9. The van der Waals surface area contributed by atoms with Gasteiger partial charge in [-0.05, 0) is 44.0 Å². The van der Waals surface area contributed by atoms with E-state index in [9.17, 15) is 4.79 Å². The van der Waals surface area contributed by atoms with Crippen LogP contribution in [0.5, 0.6) is 0 Å². The number of guanidine groups is 1. The van der Waals surface area contributed by atoms with Gasteiger partial charge in [-0.1, -0.05) is 31.4 Å². The second-order valence-corrected chi connectivity index (χ2v) is 8.03. The van der Waals surface area contributed by atoms with Gasteiger partial charge in [-0.25, -0.2) is 0 Å². The second kappa shape index (κ2) is 14.0. The zero-order chi connectivity index (χ0) is 21.6. The van der Waals surface area contributed by atoms with E-state index in [1.807, 2.05) is 18.2 Å². The molecule has 0 heterocycles. The van der Waals surface area contributed by atoms with Crippen LogP contribution in [0.2, 0.25) is 0 Å². The van der Waals surface area contributed by atoms with Gasteiger partial charge in [0.1, 0.15) is 0 Å². The van der Waals surface area contributed by atoms with Crippen molar-refractivity contribution >= 4 is 17.6 Å². The van der Waals surface area contributed by atoms with Gasteiger partial charge in [-0.3, -0.25) is 9.79 Å². The van der Waals surface area contributed by atoms with E-state index in [1.54, 1.807) is 14.2 Å². The first-order valence-electron chi connectivity index (χ1n) is 11.1. The van der Waals surface area contributed by atoms with Crippen LogP contribution in [0.4, 0.5) is 5.69 Å². The van der Waals surface area contributed by atoms with Crippen molar-refractivity contribution < 1.29 is 9.53 Å². The largest absolute Gasteiger partial charge is 0.385 e. The number of likely N-dealkylation sites (N-methyl/N-ethyl adjacent to an activating group) is 1. The van der Waals surface area contributed by atoms with E-state index in [0.29, 0.717) is 6.54 Å². The first-order valence-corrected chi connectivity index (χ1v) is 11.1. The second-order valence-electron chi connectivity index (χ2n) is 8.03. The molecule has 0 atom stereocenters. The molecule has 0 saturated heterocycles. The maximum atomic E-state index is 12.5. The van der Waals surface area contributed by atoms with Gasteiger partial charge in [-0.15, -0.1) is 0 Å². The van der Waals surface area contributed by atoms with Crippen molar-refractivity contribution in [3.63, 3.8) is 0 Å². The number of amides is 1. The Morgan fingerprint density at radius 1 is 1.20 bits per heavy atom. The van der Waals surface area contributed by atoms with E-state index in [1.165, 1.54) is 6.42 Å². The van der Waals surface area contributed by atoms with Crippen molar-refractivity contribution in [1.82, 2.24) is 15.5 Å². The summed E-state index contributed by atoms with van der Waals surface area (Å²) in [6.45, 7) is 4.21. The molecule has 0 radical (unpaired) electrons. The quantitative estimate of drug-likeness (QED) is 0.293. The van der Waals surface area contributed by atoms with Crippen molar-refractivity contribution in [2.75, 3.05) is 52.8 Å². The lowest BCUT2D eigenvalue weighted by molar-refractivity contribution is -0.120. The highest BCUT2D eigenvalue weighted by atomic mass is 16.5. The van der Waals surface area contributed by atoms with E-state index in [0.717, 1.165) is 75.6 Å². The third kappa shape index (κ3) is 9.13. The molecule has 168 valence electrons. The molecule has 0 spiro atoms. The van der Waals surface area contributed by atoms with E-state index in [2.05, 4.69) is 39.0 Å². The van der Waals surface area contributed by atoms with Gasteiger partial charge in [0.2, 0.25) is 5.91 Å². The molecule has 1 fully saturated rings. The van der Waals surface area contributed by atoms with E-state index >= 15 is 0 Å². The average Bonchev–Trinajstić information content (AvgIpc) is 2.77. The summed E-state index contributed by atoms with van der Waals surface area (Å²) in [7, 11) is 5.62. The molecule has 1 amide bonds. The number of methoxy groups -OCH3 is 1. The number of carbonyl (C=O) groups is 1. The number of hydrogen-bond donors (Lipinski definition) is 3. The molecule has 1 saturated carbocycles. The Morgan fingerprint density at radius 3 is 2.73 bits per heavy atom. The number of hydrogen-bond acceptors (Lipinski definition) is 4. The topological polar surface area (TPSA) is 78.0 Å². The number of aliphatic imine (C=N–C) groups is 1. The first-order chi connectivity index (χ1) is 14.6. The van der Waals surface area contributed by atoms with Crippen molar-refractivity contribution in [3.8, 4) is 0 Å². The molecular formula is C23H39N5O2. The molecule has 0 unspecified atom stereocenters. The number of carbonyl (C=O) groups excluding carboxylic acids is 1. The van der Waals surface area contributed by atoms with E-state index in [4.69, 9.17) is 4.74 Å². The Bertz CT molecular complexity index is 659. The van der Waals surface area contributed by atoms with Crippen LogP contribution in [0.25, 0.3) is 0 Å².